The van der Waals surface area contributed by atoms with Crippen molar-refractivity contribution >= 4 is 5.57 Å². The van der Waals surface area contributed by atoms with Gasteiger partial charge in [0.1, 0.15) is 0 Å². The summed E-state index contributed by atoms with van der Waals surface area (Å²) in [6.07, 6.45) is 5.47. The minimum absolute atomic E-state index is 0.259. The quantitative estimate of drug-likeness (QED) is 0.572. The van der Waals surface area contributed by atoms with E-state index >= 15 is 0 Å². The Kier molecular flexibility index (Phi) is 3.25. The third kappa shape index (κ3) is 2.74. The minimum Gasteiger partial charge on any atom is -0.513 e. The van der Waals surface area contributed by atoms with Crippen LogP contribution < -0.4 is 0 Å². The molecule has 4 nitrogen and oxygen atoms in total. The first kappa shape index (κ1) is 9.51. The fourth-order valence-corrected chi connectivity index (χ4v) is 0.884. The Morgan fingerprint density at radius 3 is 2.85 bits per heavy atom. The highest BCUT2D eigenvalue weighted by Gasteiger charge is 2.02. The van der Waals surface area contributed by atoms with Crippen LogP contribution in [0.3, 0.4) is 0 Å². The SMILES string of the molecule is CC/C(=C\C=C(/C)O)c1ncon1. The lowest BCUT2D eigenvalue weighted by Gasteiger charge is -1.94. The van der Waals surface area contributed by atoms with Crippen LogP contribution in [0.2, 0.25) is 0 Å². The summed E-state index contributed by atoms with van der Waals surface area (Å²) in [4.78, 5) is 3.91. The number of hydrogen-bond donors (Lipinski definition) is 1. The Balaban J connectivity index is 2.86. The van der Waals surface area contributed by atoms with E-state index in [0.717, 1.165) is 12.0 Å². The Morgan fingerprint density at radius 2 is 2.38 bits per heavy atom. The molecule has 0 radical (unpaired) electrons. The smallest absolute Gasteiger partial charge is 0.214 e. The van der Waals surface area contributed by atoms with E-state index in [1.807, 2.05) is 6.92 Å². The zero-order valence-corrected chi connectivity index (χ0v) is 7.69. The molecule has 0 saturated carbocycles. The Hall–Kier alpha value is -1.58. The van der Waals surface area contributed by atoms with E-state index in [9.17, 15) is 0 Å². The van der Waals surface area contributed by atoms with Gasteiger partial charge in [-0.1, -0.05) is 18.2 Å². The van der Waals surface area contributed by atoms with Crippen molar-refractivity contribution in [1.29, 1.82) is 0 Å². The highest BCUT2D eigenvalue weighted by molar-refractivity contribution is 5.60. The molecule has 0 aliphatic heterocycles. The molecule has 0 bridgehead atoms. The summed E-state index contributed by atoms with van der Waals surface area (Å²) in [5.74, 6) is 0.828. The number of aliphatic hydroxyl groups excluding tert-OH is 1. The molecule has 0 aromatic carbocycles. The van der Waals surface area contributed by atoms with Crippen LogP contribution in [0.5, 0.6) is 0 Å². The van der Waals surface area contributed by atoms with Crippen molar-refractivity contribution in [1.82, 2.24) is 10.1 Å². The molecule has 1 aromatic heterocycles. The van der Waals surface area contributed by atoms with Crippen LogP contribution in [0.25, 0.3) is 5.57 Å². The summed E-state index contributed by atoms with van der Waals surface area (Å²) in [6.45, 7) is 3.60. The molecule has 0 amide bonds. The summed E-state index contributed by atoms with van der Waals surface area (Å²) < 4.78 is 4.62. The Morgan fingerprint density at radius 1 is 1.62 bits per heavy atom. The lowest BCUT2D eigenvalue weighted by molar-refractivity contribution is 0.413. The van der Waals surface area contributed by atoms with Gasteiger partial charge in [0.2, 0.25) is 6.39 Å². The van der Waals surface area contributed by atoms with Crippen molar-refractivity contribution in [2.45, 2.75) is 20.3 Å². The first-order valence-electron chi connectivity index (χ1n) is 4.07. The van der Waals surface area contributed by atoms with Crippen molar-refractivity contribution < 1.29 is 9.63 Å². The molecule has 1 aromatic rings. The van der Waals surface area contributed by atoms with Gasteiger partial charge in [-0.05, 0) is 19.4 Å². The highest BCUT2D eigenvalue weighted by atomic mass is 16.5. The highest BCUT2D eigenvalue weighted by Crippen LogP contribution is 2.13. The monoisotopic (exact) mass is 180 g/mol. The van der Waals surface area contributed by atoms with E-state index in [0.29, 0.717) is 5.82 Å². The molecule has 0 aliphatic rings. The maximum Gasteiger partial charge on any atom is 0.214 e. The van der Waals surface area contributed by atoms with Crippen molar-refractivity contribution in [3.8, 4) is 0 Å². The summed E-state index contributed by atoms with van der Waals surface area (Å²) >= 11 is 0. The molecule has 1 rings (SSSR count). The average molecular weight is 180 g/mol. The number of aromatic nitrogens is 2. The van der Waals surface area contributed by atoms with Gasteiger partial charge in [-0.15, -0.1) is 0 Å². The lowest BCUT2D eigenvalue weighted by Crippen LogP contribution is -1.85. The number of nitrogens with zero attached hydrogens (tertiary/aromatic N) is 2. The molecule has 0 aliphatic carbocycles. The van der Waals surface area contributed by atoms with Gasteiger partial charge in [-0.2, -0.15) is 4.98 Å². The maximum atomic E-state index is 8.95. The van der Waals surface area contributed by atoms with Crippen LogP contribution in [0.1, 0.15) is 26.1 Å². The van der Waals surface area contributed by atoms with Gasteiger partial charge in [-0.25, -0.2) is 0 Å². The van der Waals surface area contributed by atoms with Gasteiger partial charge in [0.15, 0.2) is 5.82 Å². The van der Waals surface area contributed by atoms with Crippen molar-refractivity contribution in [2.75, 3.05) is 0 Å². The molecule has 0 atom stereocenters. The van der Waals surface area contributed by atoms with Crippen molar-refractivity contribution in [3.63, 3.8) is 0 Å². The molecule has 0 unspecified atom stereocenters. The van der Waals surface area contributed by atoms with Crippen LogP contribution in [0.4, 0.5) is 0 Å². The second-order valence-electron chi connectivity index (χ2n) is 2.61. The van der Waals surface area contributed by atoms with Crippen LogP contribution in [-0.4, -0.2) is 15.2 Å². The van der Waals surface area contributed by atoms with Crippen molar-refractivity contribution in [2.24, 2.45) is 0 Å². The molecule has 1 N–H and O–H groups in total. The first-order chi connectivity index (χ1) is 6.24. The van der Waals surface area contributed by atoms with E-state index in [4.69, 9.17) is 5.11 Å². The molecule has 0 spiro atoms. The van der Waals surface area contributed by atoms with E-state index < -0.39 is 0 Å². The standard InChI is InChI=1S/C9H12N2O2/c1-3-8(5-4-7(2)12)9-10-6-13-11-9/h4-6,12H,3H2,1-2H3/b7-4+,8-5+. The molecule has 1 heterocycles. The van der Waals surface area contributed by atoms with Crippen LogP contribution in [-0.2, 0) is 0 Å². The minimum atomic E-state index is 0.259. The summed E-state index contributed by atoms with van der Waals surface area (Å²) in [7, 11) is 0. The second kappa shape index (κ2) is 4.45. The first-order valence-corrected chi connectivity index (χ1v) is 4.07. The van der Waals surface area contributed by atoms with E-state index in [-0.39, 0.29) is 5.76 Å². The zero-order valence-electron chi connectivity index (χ0n) is 7.69. The van der Waals surface area contributed by atoms with Crippen LogP contribution >= 0.6 is 0 Å². The van der Waals surface area contributed by atoms with Crippen LogP contribution in [0, 0.1) is 0 Å². The molecular formula is C9H12N2O2. The molecule has 13 heavy (non-hydrogen) atoms. The number of allylic oxidation sites excluding steroid dienone is 4. The van der Waals surface area contributed by atoms with Gasteiger partial charge < -0.3 is 9.63 Å². The van der Waals surface area contributed by atoms with Gasteiger partial charge in [-0.3, -0.25) is 0 Å². The van der Waals surface area contributed by atoms with Gasteiger partial charge in [0.05, 0.1) is 5.76 Å². The van der Waals surface area contributed by atoms with Gasteiger partial charge in [0, 0.05) is 5.57 Å². The molecule has 0 saturated heterocycles. The lowest BCUT2D eigenvalue weighted by atomic mass is 10.2. The van der Waals surface area contributed by atoms with Crippen molar-refractivity contribution in [3.05, 3.63) is 30.1 Å². The number of rotatable bonds is 3. The summed E-state index contributed by atoms with van der Waals surface area (Å²) in [5, 5.41) is 12.6. The zero-order chi connectivity index (χ0) is 9.68. The fourth-order valence-electron chi connectivity index (χ4n) is 0.884. The largest absolute Gasteiger partial charge is 0.513 e. The molecular weight excluding hydrogens is 168 g/mol. The second-order valence-corrected chi connectivity index (χ2v) is 2.61. The summed E-state index contributed by atoms with van der Waals surface area (Å²) in [5.41, 5.74) is 0.933. The average Bonchev–Trinajstić information content (AvgIpc) is 2.58. The van der Waals surface area contributed by atoms with E-state index in [1.165, 1.54) is 6.39 Å². The van der Waals surface area contributed by atoms with Crippen LogP contribution in [0.15, 0.2) is 28.8 Å². The Labute approximate surface area is 76.6 Å². The third-order valence-electron chi connectivity index (χ3n) is 1.56. The fraction of sp³-hybridized carbons (Fsp3) is 0.333. The number of hydrogen-bond acceptors (Lipinski definition) is 4. The van der Waals surface area contributed by atoms with Gasteiger partial charge in [0.25, 0.3) is 0 Å². The van der Waals surface area contributed by atoms with E-state index in [1.54, 1.807) is 19.1 Å². The van der Waals surface area contributed by atoms with E-state index in [2.05, 4.69) is 14.7 Å². The predicted octanol–water partition coefficient (Wildman–Crippen LogP) is 2.32. The Bertz CT molecular complexity index is 308. The molecule has 70 valence electrons. The maximum absolute atomic E-state index is 8.95. The predicted molar refractivity (Wildman–Crippen MR) is 49.0 cm³/mol. The van der Waals surface area contributed by atoms with Gasteiger partial charge >= 0.3 is 0 Å². The molecule has 4 heteroatoms. The number of aliphatic hydroxyl groups is 1. The normalized spacial score (nSPS) is 13.4. The molecule has 0 fully saturated rings. The third-order valence-corrected chi connectivity index (χ3v) is 1.56. The summed E-state index contributed by atoms with van der Waals surface area (Å²) in [6, 6.07) is 0. The topological polar surface area (TPSA) is 59.2 Å².